The average Bonchev–Trinajstić information content (AvgIpc) is 3.11. The number of esters is 1. The number of carbonyl (C=O) groups excluding carboxylic acids is 2. The zero-order valence-electron chi connectivity index (χ0n) is 13.8. The van der Waals surface area contributed by atoms with Crippen LogP contribution in [0.2, 0.25) is 0 Å². The van der Waals surface area contributed by atoms with Gasteiger partial charge in [0.2, 0.25) is 0 Å². The first-order valence-corrected chi connectivity index (χ1v) is 10.0. The van der Waals surface area contributed by atoms with E-state index in [0.717, 1.165) is 29.5 Å². The molecule has 3 N–H and O–H groups in total. The summed E-state index contributed by atoms with van der Waals surface area (Å²) >= 11 is 3.08. The van der Waals surface area contributed by atoms with Crippen molar-refractivity contribution in [2.45, 2.75) is 44.5 Å². The minimum Gasteiger partial charge on any atom is -0.453 e. The number of rotatable bonds is 7. The number of ether oxygens (including phenoxy) is 1. The van der Waals surface area contributed by atoms with Gasteiger partial charge >= 0.3 is 5.97 Å². The highest BCUT2D eigenvalue weighted by atomic mass is 32.2. The highest BCUT2D eigenvalue weighted by Gasteiger charge is 2.21. The van der Waals surface area contributed by atoms with Gasteiger partial charge in [-0.1, -0.05) is 0 Å². The summed E-state index contributed by atoms with van der Waals surface area (Å²) in [6.45, 7) is 1.44. The fraction of sp³-hybridized carbons (Fsp3) is 0.500. The van der Waals surface area contributed by atoms with Crippen molar-refractivity contribution in [3.63, 3.8) is 0 Å². The van der Waals surface area contributed by atoms with Crippen LogP contribution in [-0.2, 0) is 32.9 Å². The van der Waals surface area contributed by atoms with E-state index >= 15 is 0 Å². The number of nitrogens with zero attached hydrogens (tertiary/aromatic N) is 1. The Morgan fingerprint density at radius 2 is 2.24 bits per heavy atom. The number of H-pyrrole nitrogens is 1. The van der Waals surface area contributed by atoms with Gasteiger partial charge in [0, 0.05) is 10.6 Å². The summed E-state index contributed by atoms with van der Waals surface area (Å²) in [7, 11) is 0. The summed E-state index contributed by atoms with van der Waals surface area (Å²) < 4.78 is 4.88. The van der Waals surface area contributed by atoms with Crippen molar-refractivity contribution in [3.05, 3.63) is 26.6 Å². The lowest BCUT2D eigenvalue weighted by Crippen LogP contribution is -2.30. The van der Waals surface area contributed by atoms with Gasteiger partial charge in [0.05, 0.1) is 17.6 Å². The normalized spacial score (nSPS) is 14.4. The molecule has 2 heterocycles. The van der Waals surface area contributed by atoms with Gasteiger partial charge in [0.1, 0.15) is 10.7 Å². The van der Waals surface area contributed by atoms with E-state index in [0.29, 0.717) is 17.3 Å². The van der Waals surface area contributed by atoms with E-state index in [1.165, 1.54) is 29.1 Å². The second-order valence-corrected chi connectivity index (χ2v) is 8.08. The Kier molecular flexibility index (Phi) is 5.43. The molecule has 0 spiro atoms. The van der Waals surface area contributed by atoms with Gasteiger partial charge in [0.15, 0.2) is 6.10 Å². The second kappa shape index (κ2) is 7.57. The van der Waals surface area contributed by atoms with Crippen molar-refractivity contribution in [3.8, 4) is 0 Å². The number of fused-ring (bicyclic) bond motifs is 3. The highest BCUT2D eigenvalue weighted by Crippen LogP contribution is 2.34. The SMILES string of the molecule is C[C@H](OC(=O)CCSCc1nc2sc3c(c2c(=O)[nH]1)CCC3)C(N)=O. The predicted octanol–water partition coefficient (Wildman–Crippen LogP) is 1.51. The maximum Gasteiger partial charge on any atom is 0.307 e. The van der Waals surface area contributed by atoms with E-state index in [4.69, 9.17) is 10.5 Å². The summed E-state index contributed by atoms with van der Waals surface area (Å²) in [6.07, 6.45) is 2.35. The van der Waals surface area contributed by atoms with Gasteiger partial charge in [-0.05, 0) is 31.7 Å². The van der Waals surface area contributed by atoms with Crippen LogP contribution in [0.5, 0.6) is 0 Å². The Bertz CT molecular complexity index is 874. The van der Waals surface area contributed by atoms with E-state index < -0.39 is 18.0 Å². The number of hydrogen-bond acceptors (Lipinski definition) is 7. The molecule has 0 saturated heterocycles. The number of amides is 1. The molecule has 0 aliphatic heterocycles. The summed E-state index contributed by atoms with van der Waals surface area (Å²) in [4.78, 5) is 44.2. The highest BCUT2D eigenvalue weighted by molar-refractivity contribution is 7.98. The van der Waals surface area contributed by atoms with Gasteiger partial charge < -0.3 is 15.5 Å². The molecule has 0 bridgehead atoms. The number of aromatic nitrogens is 2. The minimum atomic E-state index is -0.918. The van der Waals surface area contributed by atoms with Crippen LogP contribution in [-0.4, -0.2) is 33.7 Å². The summed E-state index contributed by atoms with van der Waals surface area (Å²) in [5.74, 6) is 0.491. The van der Waals surface area contributed by atoms with Crippen LogP contribution in [0.4, 0.5) is 0 Å². The van der Waals surface area contributed by atoms with Crippen molar-refractivity contribution in [1.29, 1.82) is 0 Å². The summed E-state index contributed by atoms with van der Waals surface area (Å²) in [5.41, 5.74) is 6.13. The van der Waals surface area contributed by atoms with Crippen molar-refractivity contribution in [2.24, 2.45) is 5.73 Å². The lowest BCUT2D eigenvalue weighted by Gasteiger charge is -2.09. The lowest BCUT2D eigenvalue weighted by atomic mass is 10.2. The molecule has 3 rings (SSSR count). The van der Waals surface area contributed by atoms with Crippen LogP contribution in [0.25, 0.3) is 10.2 Å². The molecule has 0 radical (unpaired) electrons. The van der Waals surface area contributed by atoms with Crippen LogP contribution in [0.1, 0.15) is 36.0 Å². The van der Waals surface area contributed by atoms with Gasteiger partial charge in [-0.3, -0.25) is 14.4 Å². The zero-order chi connectivity index (χ0) is 18.0. The maximum atomic E-state index is 12.3. The molecule has 0 aromatic carbocycles. The van der Waals surface area contributed by atoms with Crippen molar-refractivity contribution < 1.29 is 14.3 Å². The topological polar surface area (TPSA) is 115 Å². The number of aryl methyl sites for hydroxylation is 2. The van der Waals surface area contributed by atoms with E-state index in [-0.39, 0.29) is 12.0 Å². The molecule has 2 aromatic heterocycles. The van der Waals surface area contributed by atoms with E-state index in [2.05, 4.69) is 9.97 Å². The fourth-order valence-corrected chi connectivity index (χ4v) is 4.82. The molecule has 2 aromatic rings. The lowest BCUT2D eigenvalue weighted by molar-refractivity contribution is -0.153. The number of nitrogens with two attached hydrogens (primary N) is 1. The molecule has 1 atom stereocenters. The molecule has 0 fully saturated rings. The maximum absolute atomic E-state index is 12.3. The molecule has 7 nitrogen and oxygen atoms in total. The van der Waals surface area contributed by atoms with Crippen molar-refractivity contribution >= 4 is 45.2 Å². The molecule has 1 aliphatic carbocycles. The minimum absolute atomic E-state index is 0.0744. The largest absolute Gasteiger partial charge is 0.453 e. The van der Waals surface area contributed by atoms with Crippen molar-refractivity contribution in [1.82, 2.24) is 9.97 Å². The van der Waals surface area contributed by atoms with Crippen LogP contribution >= 0.6 is 23.1 Å². The Labute approximate surface area is 152 Å². The van der Waals surface area contributed by atoms with Crippen LogP contribution in [0.3, 0.4) is 0 Å². The zero-order valence-corrected chi connectivity index (χ0v) is 15.4. The van der Waals surface area contributed by atoms with Crippen molar-refractivity contribution in [2.75, 3.05) is 5.75 Å². The van der Waals surface area contributed by atoms with Crippen LogP contribution in [0, 0.1) is 0 Å². The van der Waals surface area contributed by atoms with E-state index in [1.807, 2.05) is 0 Å². The fourth-order valence-electron chi connectivity index (χ4n) is 2.75. The molecule has 25 heavy (non-hydrogen) atoms. The number of nitrogens with one attached hydrogen (secondary N) is 1. The van der Waals surface area contributed by atoms with Crippen LogP contribution in [0.15, 0.2) is 4.79 Å². The second-order valence-electron chi connectivity index (χ2n) is 5.89. The first kappa shape index (κ1) is 17.9. The Hall–Kier alpha value is -1.87. The Balaban J connectivity index is 1.55. The van der Waals surface area contributed by atoms with Gasteiger partial charge in [0.25, 0.3) is 11.5 Å². The molecule has 0 saturated carbocycles. The third kappa shape index (κ3) is 4.04. The number of thiophene rings is 1. The van der Waals surface area contributed by atoms with Crippen LogP contribution < -0.4 is 11.3 Å². The number of aromatic amines is 1. The standard InChI is InChI=1S/C16H19N3O4S2/c1-8(14(17)21)23-12(20)5-6-24-7-11-18-15(22)13-9-3-2-4-10(9)25-16(13)19-11/h8H,2-7H2,1H3,(H2,17,21)(H,18,19,22)/t8-/m0/s1. The quantitative estimate of drug-likeness (QED) is 0.555. The molecule has 1 amide bonds. The first-order valence-electron chi connectivity index (χ1n) is 8.05. The Morgan fingerprint density at radius 1 is 1.44 bits per heavy atom. The van der Waals surface area contributed by atoms with E-state index in [9.17, 15) is 14.4 Å². The first-order chi connectivity index (χ1) is 12.0. The number of carbonyl (C=O) groups is 2. The van der Waals surface area contributed by atoms with Gasteiger partial charge in [-0.15, -0.1) is 11.3 Å². The molecule has 1 aliphatic rings. The molecule has 134 valence electrons. The van der Waals surface area contributed by atoms with Gasteiger partial charge in [-0.25, -0.2) is 4.98 Å². The smallest absolute Gasteiger partial charge is 0.307 e. The third-order valence-corrected chi connectivity index (χ3v) is 6.18. The Morgan fingerprint density at radius 3 is 3.00 bits per heavy atom. The third-order valence-electron chi connectivity index (χ3n) is 4.02. The van der Waals surface area contributed by atoms with Gasteiger partial charge in [-0.2, -0.15) is 11.8 Å². The molecule has 0 unspecified atom stereocenters. The summed E-state index contributed by atoms with van der Waals surface area (Å²) in [5, 5.41) is 0.746. The summed E-state index contributed by atoms with van der Waals surface area (Å²) in [6, 6.07) is 0. The number of thioether (sulfide) groups is 1. The predicted molar refractivity (Wildman–Crippen MR) is 97.8 cm³/mol. The molecular formula is C16H19N3O4S2. The molecular weight excluding hydrogens is 362 g/mol. The molecule has 9 heteroatoms. The average molecular weight is 381 g/mol. The number of primary amides is 1. The number of hydrogen-bond donors (Lipinski definition) is 2. The monoisotopic (exact) mass is 381 g/mol. The van der Waals surface area contributed by atoms with E-state index in [1.54, 1.807) is 11.3 Å².